The van der Waals surface area contributed by atoms with E-state index in [2.05, 4.69) is 17.9 Å². The van der Waals surface area contributed by atoms with E-state index in [9.17, 15) is 13.2 Å². The number of thioether (sulfide) groups is 1. The first-order valence-corrected chi connectivity index (χ1v) is 14.7. The van der Waals surface area contributed by atoms with Gasteiger partial charge in [-0.25, -0.2) is 0 Å². The van der Waals surface area contributed by atoms with Crippen LogP contribution in [-0.4, -0.2) is 44.7 Å². The second kappa shape index (κ2) is 14.0. The van der Waals surface area contributed by atoms with E-state index < -0.39 is 10.0 Å². The molecule has 1 amide bonds. The Labute approximate surface area is 224 Å². The first-order valence-electron chi connectivity index (χ1n) is 12.4. The summed E-state index contributed by atoms with van der Waals surface area (Å²) in [5, 5.41) is 0.0888. The monoisotopic (exact) mass is 542 g/mol. The lowest BCUT2D eigenvalue weighted by atomic mass is 10.1. The minimum atomic E-state index is -3.97. The Morgan fingerprint density at radius 2 is 1.76 bits per heavy atom. The zero-order valence-electron chi connectivity index (χ0n) is 21.4. The largest absolute Gasteiger partial charge is 0.493 e. The molecule has 1 saturated heterocycles. The number of hydrogen-bond donors (Lipinski definition) is 0. The summed E-state index contributed by atoms with van der Waals surface area (Å²) in [6.07, 6.45) is 10.3. The summed E-state index contributed by atoms with van der Waals surface area (Å²) < 4.78 is 41.0. The number of carbonyl (C=O) groups is 1. The molecule has 0 spiro atoms. The van der Waals surface area contributed by atoms with E-state index in [1.54, 1.807) is 37.5 Å². The van der Waals surface area contributed by atoms with Crippen molar-refractivity contribution in [3.05, 3.63) is 71.7 Å². The van der Waals surface area contributed by atoms with Gasteiger partial charge in [0, 0.05) is 6.54 Å². The van der Waals surface area contributed by atoms with Crippen LogP contribution in [0.15, 0.2) is 75.4 Å². The van der Waals surface area contributed by atoms with Crippen molar-refractivity contribution in [1.82, 2.24) is 4.90 Å². The molecule has 0 bridgehead atoms. The molecule has 0 aromatic heterocycles. The Bertz CT molecular complexity index is 1240. The summed E-state index contributed by atoms with van der Waals surface area (Å²) in [6, 6.07) is 13.4. The number of unbranched alkanes of at least 4 members (excludes halogenated alkanes) is 5. The maximum Gasteiger partial charge on any atom is 0.284 e. The van der Waals surface area contributed by atoms with E-state index in [0.717, 1.165) is 30.2 Å². The SMILES string of the molecule is C=CCN1C(=O)C(=Cc2ccc(OCCCCCCCC)c(OC)c2)SC1=NS(=O)(=O)c1ccccc1. The summed E-state index contributed by atoms with van der Waals surface area (Å²) in [7, 11) is -2.40. The van der Waals surface area contributed by atoms with Gasteiger partial charge in [0.15, 0.2) is 16.7 Å². The second-order valence-electron chi connectivity index (χ2n) is 8.50. The summed E-state index contributed by atoms with van der Waals surface area (Å²) in [5.74, 6) is 0.877. The highest BCUT2D eigenvalue weighted by atomic mass is 32.2. The number of nitrogens with zero attached hydrogens (tertiary/aromatic N) is 2. The van der Waals surface area contributed by atoms with Gasteiger partial charge in [-0.15, -0.1) is 11.0 Å². The molecule has 0 N–H and O–H groups in total. The van der Waals surface area contributed by atoms with Crippen molar-refractivity contribution in [3.8, 4) is 11.5 Å². The Morgan fingerprint density at radius 1 is 1.03 bits per heavy atom. The van der Waals surface area contributed by atoms with Crippen molar-refractivity contribution >= 4 is 38.9 Å². The number of benzene rings is 2. The van der Waals surface area contributed by atoms with Crippen LogP contribution < -0.4 is 9.47 Å². The van der Waals surface area contributed by atoms with Crippen LogP contribution in [0.1, 0.15) is 51.0 Å². The van der Waals surface area contributed by atoms with Crippen molar-refractivity contribution < 1.29 is 22.7 Å². The van der Waals surface area contributed by atoms with Crippen LogP contribution in [0, 0.1) is 0 Å². The van der Waals surface area contributed by atoms with Gasteiger partial charge in [-0.05, 0) is 54.1 Å². The number of ether oxygens (including phenoxy) is 2. The predicted octanol–water partition coefficient (Wildman–Crippen LogP) is 6.28. The fourth-order valence-electron chi connectivity index (χ4n) is 3.72. The summed E-state index contributed by atoms with van der Waals surface area (Å²) in [4.78, 5) is 14.8. The highest BCUT2D eigenvalue weighted by Gasteiger charge is 2.34. The lowest BCUT2D eigenvalue weighted by molar-refractivity contribution is -0.121. The average molecular weight is 543 g/mol. The van der Waals surface area contributed by atoms with Crippen LogP contribution in [0.25, 0.3) is 6.08 Å². The number of amidine groups is 1. The van der Waals surface area contributed by atoms with Crippen LogP contribution in [0.4, 0.5) is 0 Å². The van der Waals surface area contributed by atoms with Gasteiger partial charge in [0.25, 0.3) is 15.9 Å². The van der Waals surface area contributed by atoms with Gasteiger partial charge in [0.05, 0.1) is 23.5 Å². The molecule has 2 aromatic rings. The summed E-state index contributed by atoms with van der Waals surface area (Å²) in [6.45, 7) is 6.64. The molecule has 0 radical (unpaired) electrons. The maximum absolute atomic E-state index is 13.1. The summed E-state index contributed by atoms with van der Waals surface area (Å²) in [5.41, 5.74) is 0.727. The molecule has 37 heavy (non-hydrogen) atoms. The van der Waals surface area contributed by atoms with E-state index in [1.165, 1.54) is 48.8 Å². The Kier molecular flexibility index (Phi) is 10.8. The fraction of sp³-hybridized carbons (Fsp3) is 0.357. The van der Waals surface area contributed by atoms with Crippen LogP contribution in [0.3, 0.4) is 0 Å². The molecule has 2 aromatic carbocycles. The topological polar surface area (TPSA) is 85.3 Å². The first kappa shape index (κ1) is 28.5. The molecule has 1 fully saturated rings. The quantitative estimate of drug-likeness (QED) is 0.159. The molecule has 0 unspecified atom stereocenters. The molecule has 3 rings (SSSR count). The Hall–Kier alpha value is -3.04. The van der Waals surface area contributed by atoms with Gasteiger partial charge in [-0.3, -0.25) is 9.69 Å². The van der Waals surface area contributed by atoms with Crippen LogP contribution in [0.5, 0.6) is 11.5 Å². The van der Waals surface area contributed by atoms with Gasteiger partial charge in [0.2, 0.25) is 0 Å². The van der Waals surface area contributed by atoms with Crippen LogP contribution >= 0.6 is 11.8 Å². The number of rotatable bonds is 14. The number of sulfonamides is 1. The smallest absolute Gasteiger partial charge is 0.284 e. The normalized spacial score (nSPS) is 15.9. The number of amides is 1. The van der Waals surface area contributed by atoms with Crippen LogP contribution in [-0.2, 0) is 14.8 Å². The van der Waals surface area contributed by atoms with Crippen molar-refractivity contribution in [3.63, 3.8) is 0 Å². The molecule has 198 valence electrons. The molecule has 0 aliphatic carbocycles. The highest BCUT2D eigenvalue weighted by Crippen LogP contribution is 2.35. The standard InChI is InChI=1S/C28H34N2O5S2/c1-4-6-7-8-9-13-19-35-24-17-16-22(20-25(24)34-3)21-26-27(31)30(18-5-2)28(36-26)29-37(32,33)23-14-11-10-12-15-23/h5,10-12,14-17,20-21H,2,4,6-9,13,18-19H2,1,3H3. The van der Waals surface area contributed by atoms with Gasteiger partial charge in [0.1, 0.15) is 0 Å². The maximum atomic E-state index is 13.1. The third kappa shape index (κ3) is 7.97. The second-order valence-corrected chi connectivity index (χ2v) is 11.1. The molecule has 0 saturated carbocycles. The van der Waals surface area contributed by atoms with E-state index in [1.807, 2.05) is 12.1 Å². The molecule has 0 atom stereocenters. The highest BCUT2D eigenvalue weighted by molar-refractivity contribution is 8.19. The molecule has 1 heterocycles. The number of methoxy groups -OCH3 is 1. The third-order valence-electron chi connectivity index (χ3n) is 5.68. The van der Waals surface area contributed by atoms with Crippen molar-refractivity contribution in [2.75, 3.05) is 20.3 Å². The predicted molar refractivity (Wildman–Crippen MR) is 150 cm³/mol. The minimum Gasteiger partial charge on any atom is -0.493 e. The van der Waals surface area contributed by atoms with Crippen LogP contribution in [0.2, 0.25) is 0 Å². The zero-order chi connectivity index (χ0) is 26.7. The molecular weight excluding hydrogens is 508 g/mol. The lowest BCUT2D eigenvalue weighted by Gasteiger charge is -2.12. The zero-order valence-corrected chi connectivity index (χ0v) is 23.0. The van der Waals surface area contributed by atoms with Gasteiger partial charge in [-0.2, -0.15) is 8.42 Å². The lowest BCUT2D eigenvalue weighted by Crippen LogP contribution is -2.29. The van der Waals surface area contributed by atoms with Crippen molar-refractivity contribution in [2.45, 2.75) is 50.3 Å². The van der Waals surface area contributed by atoms with Crippen molar-refractivity contribution in [2.24, 2.45) is 4.40 Å². The van der Waals surface area contributed by atoms with Gasteiger partial charge < -0.3 is 9.47 Å². The summed E-state index contributed by atoms with van der Waals surface area (Å²) >= 11 is 1.01. The van der Waals surface area contributed by atoms with E-state index in [0.29, 0.717) is 23.0 Å². The van der Waals surface area contributed by atoms with E-state index >= 15 is 0 Å². The van der Waals surface area contributed by atoms with Gasteiger partial charge in [-0.1, -0.05) is 69.4 Å². The Morgan fingerprint density at radius 3 is 2.46 bits per heavy atom. The van der Waals surface area contributed by atoms with E-state index in [4.69, 9.17) is 9.47 Å². The number of hydrogen-bond acceptors (Lipinski definition) is 6. The Balaban J connectivity index is 1.75. The first-order chi connectivity index (χ1) is 17.9. The molecule has 1 aliphatic rings. The molecule has 9 heteroatoms. The third-order valence-corrected chi connectivity index (χ3v) is 8.08. The molecular formula is C28H34N2O5S2. The van der Waals surface area contributed by atoms with Crippen molar-refractivity contribution in [1.29, 1.82) is 0 Å². The van der Waals surface area contributed by atoms with Gasteiger partial charge >= 0.3 is 0 Å². The molecule has 7 nitrogen and oxygen atoms in total. The molecule has 1 aliphatic heterocycles. The average Bonchev–Trinajstić information content (AvgIpc) is 3.17. The minimum absolute atomic E-state index is 0.0628. The fourth-order valence-corrected chi connectivity index (χ4v) is 5.93. The van der Waals surface area contributed by atoms with E-state index in [-0.39, 0.29) is 22.5 Å². The number of carbonyl (C=O) groups excluding carboxylic acids is 1.